The summed E-state index contributed by atoms with van der Waals surface area (Å²) in [5, 5.41) is 21.9. The number of benzene rings is 2. The van der Waals surface area contributed by atoms with Crippen LogP contribution in [0.3, 0.4) is 0 Å². The lowest BCUT2D eigenvalue weighted by molar-refractivity contribution is -0.742. The van der Waals surface area contributed by atoms with E-state index in [9.17, 15) is 0 Å². The molecule has 0 fully saturated rings. The Labute approximate surface area is 148 Å². The summed E-state index contributed by atoms with van der Waals surface area (Å²) in [6, 6.07) is 16.8. The van der Waals surface area contributed by atoms with Gasteiger partial charge >= 0.3 is 0 Å². The van der Waals surface area contributed by atoms with Gasteiger partial charge in [-0.3, -0.25) is 0 Å². The first-order chi connectivity index (χ1) is 12.6. The van der Waals surface area contributed by atoms with Gasteiger partial charge in [0.2, 0.25) is 0 Å². The van der Waals surface area contributed by atoms with E-state index >= 15 is 0 Å². The third-order valence-electron chi connectivity index (χ3n) is 3.89. The Bertz CT molecular complexity index is 994. The van der Waals surface area contributed by atoms with Crippen LogP contribution in [0.5, 0.6) is 0 Å². The molecular formula is C17H16N6O3. The lowest BCUT2D eigenvalue weighted by atomic mass is 9.98. The van der Waals surface area contributed by atoms with Crippen molar-refractivity contribution in [3.63, 3.8) is 0 Å². The molecule has 0 spiro atoms. The van der Waals surface area contributed by atoms with E-state index in [2.05, 4.69) is 62.3 Å². The van der Waals surface area contributed by atoms with Crippen molar-refractivity contribution in [2.24, 2.45) is 7.05 Å². The molecule has 0 bridgehead atoms. The minimum Gasteiger partial charge on any atom is -0.328 e. The molecule has 1 N–H and O–H groups in total. The van der Waals surface area contributed by atoms with Crippen molar-refractivity contribution in [2.45, 2.75) is 6.04 Å². The summed E-state index contributed by atoms with van der Waals surface area (Å²) in [4.78, 5) is 12.6. The number of fused-ring (bicyclic) bond motifs is 1. The Hall–Kier alpha value is -3.75. The summed E-state index contributed by atoms with van der Waals surface area (Å²) in [5.41, 5.74) is 4.31. The van der Waals surface area contributed by atoms with Crippen molar-refractivity contribution >= 4 is 11.0 Å². The van der Waals surface area contributed by atoms with Crippen molar-refractivity contribution in [1.82, 2.24) is 24.5 Å². The van der Waals surface area contributed by atoms with Crippen molar-refractivity contribution in [3.05, 3.63) is 88.5 Å². The van der Waals surface area contributed by atoms with E-state index in [1.807, 2.05) is 25.6 Å². The topological polar surface area (TPSA) is 112 Å². The zero-order chi connectivity index (χ0) is 18.5. The van der Waals surface area contributed by atoms with Crippen LogP contribution in [0.2, 0.25) is 0 Å². The first kappa shape index (κ1) is 17.1. The second-order valence-electron chi connectivity index (χ2n) is 5.52. The van der Waals surface area contributed by atoms with Crippen LogP contribution < -0.4 is 0 Å². The molecule has 9 heteroatoms. The maximum absolute atomic E-state index is 8.36. The van der Waals surface area contributed by atoms with E-state index in [4.69, 9.17) is 15.3 Å². The Kier molecular flexibility index (Phi) is 4.88. The third-order valence-corrected chi connectivity index (χ3v) is 3.89. The summed E-state index contributed by atoms with van der Waals surface area (Å²) in [5.74, 6) is 0. The Morgan fingerprint density at radius 3 is 2.54 bits per heavy atom. The molecule has 0 aliphatic heterocycles. The van der Waals surface area contributed by atoms with Crippen LogP contribution >= 0.6 is 0 Å². The van der Waals surface area contributed by atoms with Crippen LogP contribution in [0.15, 0.2) is 67.3 Å². The summed E-state index contributed by atoms with van der Waals surface area (Å²) >= 11 is 0. The summed E-state index contributed by atoms with van der Waals surface area (Å²) in [6.07, 6.45) is 5.63. The fourth-order valence-corrected chi connectivity index (χ4v) is 2.82. The van der Waals surface area contributed by atoms with Gasteiger partial charge in [-0.25, -0.2) is 9.67 Å². The Morgan fingerprint density at radius 1 is 1.15 bits per heavy atom. The van der Waals surface area contributed by atoms with Crippen LogP contribution in [0.25, 0.3) is 11.0 Å². The lowest BCUT2D eigenvalue weighted by Crippen LogP contribution is -2.10. The van der Waals surface area contributed by atoms with Crippen molar-refractivity contribution in [3.8, 4) is 0 Å². The van der Waals surface area contributed by atoms with Gasteiger partial charge < -0.3 is 9.77 Å². The molecule has 2 heterocycles. The smallest absolute Gasteiger partial charge is 0.291 e. The number of aromatic nitrogens is 5. The van der Waals surface area contributed by atoms with Gasteiger partial charge in [0.1, 0.15) is 5.52 Å². The first-order valence-electron chi connectivity index (χ1n) is 7.71. The molecule has 26 heavy (non-hydrogen) atoms. The predicted molar refractivity (Wildman–Crippen MR) is 93.2 cm³/mol. The Morgan fingerprint density at radius 2 is 1.88 bits per heavy atom. The molecule has 4 rings (SSSR count). The van der Waals surface area contributed by atoms with Gasteiger partial charge in [-0.05, 0) is 23.3 Å². The average Bonchev–Trinajstić information content (AvgIpc) is 3.26. The van der Waals surface area contributed by atoms with Gasteiger partial charge in [-0.15, -0.1) is 15.2 Å². The molecular weight excluding hydrogens is 336 g/mol. The zero-order valence-electron chi connectivity index (χ0n) is 13.9. The van der Waals surface area contributed by atoms with Gasteiger partial charge in [0, 0.05) is 19.4 Å². The molecule has 0 amide bonds. The largest absolute Gasteiger partial charge is 0.328 e. The Balaban J connectivity index is 0.000000447. The lowest BCUT2D eigenvalue weighted by Gasteiger charge is -2.19. The highest BCUT2D eigenvalue weighted by atomic mass is 16.9. The van der Waals surface area contributed by atoms with Crippen molar-refractivity contribution < 1.29 is 10.3 Å². The van der Waals surface area contributed by atoms with Crippen molar-refractivity contribution in [2.75, 3.05) is 0 Å². The molecule has 4 aromatic rings. The second kappa shape index (κ2) is 7.43. The van der Waals surface area contributed by atoms with E-state index in [-0.39, 0.29) is 6.04 Å². The molecule has 132 valence electrons. The number of rotatable bonds is 3. The van der Waals surface area contributed by atoms with Gasteiger partial charge in [0.15, 0.2) is 0 Å². The minimum atomic E-state index is -1.50. The molecule has 0 saturated heterocycles. The standard InChI is InChI=1S/C17H15N5.HNO3/c1-21-16-8-7-14(11-15(16)19-20-21)17(22-10-9-18-12-22)13-5-3-2-4-6-13;2-1(3)4/h2-12,17H,1H3;(H,2,3,4). The monoisotopic (exact) mass is 352 g/mol. The van der Waals surface area contributed by atoms with Crippen LogP contribution in [0, 0.1) is 10.1 Å². The number of aryl methyl sites for hydroxylation is 1. The van der Waals surface area contributed by atoms with E-state index < -0.39 is 5.09 Å². The van der Waals surface area contributed by atoms with E-state index in [0.717, 1.165) is 16.6 Å². The molecule has 0 saturated carbocycles. The molecule has 9 nitrogen and oxygen atoms in total. The summed E-state index contributed by atoms with van der Waals surface area (Å²) in [7, 11) is 1.90. The highest BCUT2D eigenvalue weighted by Gasteiger charge is 2.17. The van der Waals surface area contributed by atoms with Gasteiger partial charge in [-0.2, -0.15) is 0 Å². The van der Waals surface area contributed by atoms with Crippen LogP contribution in [0.1, 0.15) is 17.2 Å². The number of hydrogen-bond donors (Lipinski definition) is 1. The molecule has 2 aromatic carbocycles. The number of hydrogen-bond acceptors (Lipinski definition) is 5. The number of nitrogens with zero attached hydrogens (tertiary/aromatic N) is 6. The van der Waals surface area contributed by atoms with E-state index in [1.165, 1.54) is 5.56 Å². The van der Waals surface area contributed by atoms with Crippen LogP contribution in [-0.4, -0.2) is 34.8 Å². The molecule has 2 aromatic heterocycles. The maximum atomic E-state index is 8.36. The second-order valence-corrected chi connectivity index (χ2v) is 5.52. The molecule has 0 aliphatic rings. The highest BCUT2D eigenvalue weighted by molar-refractivity contribution is 5.75. The highest BCUT2D eigenvalue weighted by Crippen LogP contribution is 2.28. The van der Waals surface area contributed by atoms with Crippen molar-refractivity contribution in [1.29, 1.82) is 0 Å². The quantitative estimate of drug-likeness (QED) is 0.448. The van der Waals surface area contributed by atoms with E-state index in [0.29, 0.717) is 0 Å². The first-order valence-corrected chi connectivity index (χ1v) is 7.71. The van der Waals surface area contributed by atoms with Crippen LogP contribution in [0.4, 0.5) is 0 Å². The minimum absolute atomic E-state index is 0.0788. The SMILES string of the molecule is Cn1nnc2cc(C(c3ccccc3)n3ccnc3)ccc21.O=[N+]([O-])O. The number of imidazole rings is 1. The summed E-state index contributed by atoms with van der Waals surface area (Å²) < 4.78 is 3.89. The molecule has 1 unspecified atom stereocenters. The van der Waals surface area contributed by atoms with Gasteiger partial charge in [0.25, 0.3) is 5.09 Å². The van der Waals surface area contributed by atoms with Crippen LogP contribution in [-0.2, 0) is 7.05 Å². The zero-order valence-corrected chi connectivity index (χ0v) is 13.9. The fraction of sp³-hybridized carbons (Fsp3) is 0.118. The third kappa shape index (κ3) is 3.66. The normalized spacial score (nSPS) is 11.6. The van der Waals surface area contributed by atoms with Gasteiger partial charge in [0.05, 0.1) is 17.9 Å². The van der Waals surface area contributed by atoms with E-state index in [1.54, 1.807) is 10.9 Å². The molecule has 0 radical (unpaired) electrons. The molecule has 0 aliphatic carbocycles. The summed E-state index contributed by atoms with van der Waals surface area (Å²) in [6.45, 7) is 0. The average molecular weight is 352 g/mol. The predicted octanol–water partition coefficient (Wildman–Crippen LogP) is 2.45. The maximum Gasteiger partial charge on any atom is 0.291 e. The molecule has 1 atom stereocenters. The fourth-order valence-electron chi connectivity index (χ4n) is 2.82. The van der Waals surface area contributed by atoms with Gasteiger partial charge in [-0.1, -0.05) is 41.6 Å².